The second-order valence-corrected chi connectivity index (χ2v) is 10.4. The molecule has 0 saturated carbocycles. The van der Waals surface area contributed by atoms with Gasteiger partial charge in [0, 0.05) is 24.7 Å². The lowest BCUT2D eigenvalue weighted by Crippen LogP contribution is -2.51. The number of nitrogens with one attached hydrogen (secondary N) is 1. The minimum Gasteiger partial charge on any atom is -0.496 e. The molecule has 2 aromatic carbocycles. The molecular formula is C28H34F3N3O3. The number of rotatable bonds is 6. The first-order valence-electron chi connectivity index (χ1n) is 12.2. The number of halogens is 3. The van der Waals surface area contributed by atoms with Crippen LogP contribution in [-0.4, -0.2) is 42.5 Å². The summed E-state index contributed by atoms with van der Waals surface area (Å²) in [6.07, 6.45) is -3.67. The van der Waals surface area contributed by atoms with Crippen molar-refractivity contribution in [3.8, 4) is 11.8 Å². The second kappa shape index (κ2) is 11.0. The molecule has 1 N–H and O–H groups in total. The van der Waals surface area contributed by atoms with Gasteiger partial charge in [0.15, 0.2) is 5.41 Å². The van der Waals surface area contributed by atoms with Crippen LogP contribution in [0.3, 0.4) is 0 Å². The Hall–Kier alpha value is -3.25. The first kappa shape index (κ1) is 28.3. The predicted octanol–water partition coefficient (Wildman–Crippen LogP) is 6.27. The summed E-state index contributed by atoms with van der Waals surface area (Å²) in [7, 11) is 1.45. The van der Waals surface area contributed by atoms with E-state index in [0.717, 1.165) is 25.3 Å². The van der Waals surface area contributed by atoms with Crippen LogP contribution < -0.4 is 10.1 Å². The van der Waals surface area contributed by atoms with Crippen LogP contribution >= 0.6 is 0 Å². The summed E-state index contributed by atoms with van der Waals surface area (Å²) in [5.41, 5.74) is -2.04. The fourth-order valence-corrected chi connectivity index (χ4v) is 4.56. The normalized spacial score (nSPS) is 20.0. The van der Waals surface area contributed by atoms with E-state index in [1.54, 1.807) is 4.90 Å². The molecule has 0 spiro atoms. The van der Waals surface area contributed by atoms with Crippen molar-refractivity contribution in [3.63, 3.8) is 0 Å². The Morgan fingerprint density at radius 1 is 1.14 bits per heavy atom. The Labute approximate surface area is 216 Å². The number of alkyl halides is 3. The van der Waals surface area contributed by atoms with Gasteiger partial charge in [-0.1, -0.05) is 36.4 Å². The molecule has 2 aromatic rings. The summed E-state index contributed by atoms with van der Waals surface area (Å²) in [4.78, 5) is 14.8. The molecule has 0 bridgehead atoms. The zero-order chi connectivity index (χ0) is 27.4. The molecule has 1 aliphatic rings. The molecule has 6 nitrogen and oxygen atoms in total. The number of methoxy groups -OCH3 is 1. The minimum absolute atomic E-state index is 0.154. The van der Waals surface area contributed by atoms with Gasteiger partial charge in [-0.05, 0) is 63.8 Å². The second-order valence-electron chi connectivity index (χ2n) is 10.4. The van der Waals surface area contributed by atoms with Crippen molar-refractivity contribution in [1.82, 2.24) is 10.2 Å². The lowest BCUT2D eigenvalue weighted by atomic mass is 9.82. The zero-order valence-corrected chi connectivity index (χ0v) is 21.9. The van der Waals surface area contributed by atoms with Crippen molar-refractivity contribution < 1.29 is 27.4 Å². The number of carbonyl (C=O) groups excluding carboxylic acids is 1. The van der Waals surface area contributed by atoms with E-state index in [0.29, 0.717) is 17.9 Å². The largest absolute Gasteiger partial charge is 0.496 e. The Bertz CT molecular complexity index is 1130. The average molecular weight is 518 g/mol. The smallest absolute Gasteiger partial charge is 0.410 e. The van der Waals surface area contributed by atoms with Crippen LogP contribution in [0.25, 0.3) is 0 Å². The lowest BCUT2D eigenvalue weighted by molar-refractivity contribution is -0.168. The highest BCUT2D eigenvalue weighted by molar-refractivity contribution is 5.69. The van der Waals surface area contributed by atoms with Gasteiger partial charge in [-0.3, -0.25) is 4.90 Å². The molecule has 0 aromatic heterocycles. The number of nitriles is 1. The summed E-state index contributed by atoms with van der Waals surface area (Å²) in [6.45, 7) is 7.04. The summed E-state index contributed by atoms with van der Waals surface area (Å²) in [6, 6.07) is 14.6. The molecular weight excluding hydrogens is 483 g/mol. The first-order chi connectivity index (χ1) is 17.3. The van der Waals surface area contributed by atoms with E-state index in [9.17, 15) is 23.2 Å². The number of hydrogen-bond donors (Lipinski definition) is 1. The first-order valence-corrected chi connectivity index (χ1v) is 12.2. The van der Waals surface area contributed by atoms with Gasteiger partial charge in [-0.15, -0.1) is 0 Å². The molecule has 1 amide bonds. The van der Waals surface area contributed by atoms with Crippen LogP contribution in [0.15, 0.2) is 48.5 Å². The number of ether oxygens (including phenoxy) is 2. The van der Waals surface area contributed by atoms with E-state index < -0.39 is 23.3 Å². The zero-order valence-electron chi connectivity index (χ0n) is 21.9. The maximum absolute atomic E-state index is 13.7. The molecule has 1 aliphatic heterocycles. The van der Waals surface area contributed by atoms with E-state index in [4.69, 9.17) is 9.47 Å². The van der Waals surface area contributed by atoms with Crippen LogP contribution in [0.1, 0.15) is 63.3 Å². The number of nitrogens with zero attached hydrogens (tertiary/aromatic N) is 2. The minimum atomic E-state index is -4.74. The number of benzene rings is 2. The Balaban J connectivity index is 1.92. The van der Waals surface area contributed by atoms with Gasteiger partial charge < -0.3 is 14.8 Å². The molecule has 37 heavy (non-hydrogen) atoms. The van der Waals surface area contributed by atoms with Gasteiger partial charge in [0.2, 0.25) is 0 Å². The fourth-order valence-electron chi connectivity index (χ4n) is 4.56. The maximum atomic E-state index is 13.7. The third kappa shape index (κ3) is 6.37. The highest BCUT2D eigenvalue weighted by Crippen LogP contribution is 2.41. The maximum Gasteiger partial charge on any atom is 0.410 e. The van der Waals surface area contributed by atoms with Crippen molar-refractivity contribution >= 4 is 6.09 Å². The van der Waals surface area contributed by atoms with E-state index in [2.05, 4.69) is 5.32 Å². The quantitative estimate of drug-likeness (QED) is 0.489. The van der Waals surface area contributed by atoms with Gasteiger partial charge >= 0.3 is 12.3 Å². The Morgan fingerprint density at radius 2 is 1.81 bits per heavy atom. The molecule has 0 radical (unpaired) electrons. The van der Waals surface area contributed by atoms with Gasteiger partial charge in [0.25, 0.3) is 0 Å². The van der Waals surface area contributed by atoms with E-state index >= 15 is 0 Å². The van der Waals surface area contributed by atoms with Crippen molar-refractivity contribution in [1.29, 1.82) is 5.26 Å². The monoisotopic (exact) mass is 517 g/mol. The lowest BCUT2D eigenvalue weighted by Gasteiger charge is -2.42. The third-order valence-corrected chi connectivity index (χ3v) is 6.60. The topological polar surface area (TPSA) is 74.6 Å². The molecule has 3 rings (SSSR count). The highest BCUT2D eigenvalue weighted by atomic mass is 19.4. The van der Waals surface area contributed by atoms with Crippen LogP contribution in [0.2, 0.25) is 0 Å². The van der Waals surface area contributed by atoms with Crippen molar-refractivity contribution in [2.24, 2.45) is 0 Å². The Kier molecular flexibility index (Phi) is 8.43. The Morgan fingerprint density at radius 3 is 2.38 bits per heavy atom. The van der Waals surface area contributed by atoms with Crippen molar-refractivity contribution in [2.45, 2.75) is 76.4 Å². The number of amides is 1. The molecule has 1 heterocycles. The van der Waals surface area contributed by atoms with Crippen LogP contribution in [0.5, 0.6) is 5.75 Å². The number of hydrogen-bond acceptors (Lipinski definition) is 5. The summed E-state index contributed by atoms with van der Waals surface area (Å²) < 4.78 is 52.3. The number of piperidine rings is 1. The molecule has 0 aliphatic carbocycles. The molecule has 1 fully saturated rings. The van der Waals surface area contributed by atoms with Crippen LogP contribution in [0.4, 0.5) is 18.0 Å². The molecule has 200 valence electrons. The average Bonchev–Trinajstić information content (AvgIpc) is 2.85. The fraction of sp³-hybridized carbons (Fsp3) is 0.500. The standard InChI is InChI=1S/C28H34F3N3O3/c1-26(2,3)37-25(35)34-15-9-12-22(24(34)19-10-7-6-8-11-19)33-17-20-16-21(13-14-23(20)36-5)27(4,18-32)28(29,30)31/h6-8,10-11,13-14,16,22,24,33H,9,12,15,17H2,1-5H3/t22-,24-,27?/m0/s1. The van der Waals surface area contributed by atoms with E-state index in [-0.39, 0.29) is 24.2 Å². The van der Waals surface area contributed by atoms with Crippen LogP contribution in [0, 0.1) is 11.3 Å². The third-order valence-electron chi connectivity index (χ3n) is 6.60. The van der Waals surface area contributed by atoms with Crippen LogP contribution in [-0.2, 0) is 16.7 Å². The van der Waals surface area contributed by atoms with Gasteiger partial charge in [0.05, 0.1) is 19.2 Å². The van der Waals surface area contributed by atoms with Gasteiger partial charge in [0.1, 0.15) is 11.4 Å². The van der Waals surface area contributed by atoms with Crippen molar-refractivity contribution in [3.05, 3.63) is 65.2 Å². The number of likely N-dealkylation sites (tertiary alicyclic amines) is 1. The van der Waals surface area contributed by atoms with E-state index in [1.807, 2.05) is 51.1 Å². The molecule has 1 saturated heterocycles. The van der Waals surface area contributed by atoms with E-state index in [1.165, 1.54) is 31.4 Å². The SMILES string of the molecule is COc1ccc(C(C)(C#N)C(F)(F)F)cc1CN[C@H]1CCCN(C(=O)OC(C)(C)C)[C@H]1c1ccccc1. The van der Waals surface area contributed by atoms with Gasteiger partial charge in [-0.25, -0.2) is 4.79 Å². The summed E-state index contributed by atoms with van der Waals surface area (Å²) in [5, 5.41) is 12.8. The van der Waals surface area contributed by atoms with Crippen molar-refractivity contribution in [2.75, 3.05) is 13.7 Å². The summed E-state index contributed by atoms with van der Waals surface area (Å²) in [5.74, 6) is 0.412. The number of carbonyl (C=O) groups is 1. The predicted molar refractivity (Wildman–Crippen MR) is 134 cm³/mol. The highest BCUT2D eigenvalue weighted by Gasteiger charge is 2.53. The summed E-state index contributed by atoms with van der Waals surface area (Å²) >= 11 is 0. The molecule has 1 unspecified atom stereocenters. The molecule has 9 heteroatoms. The van der Waals surface area contributed by atoms with Gasteiger partial charge in [-0.2, -0.15) is 18.4 Å². The molecule has 3 atom stereocenters.